The number of para-hydroxylation sites is 2. The van der Waals surface area contributed by atoms with Crippen LogP contribution >= 0.6 is 0 Å². The number of halogens is 6. The van der Waals surface area contributed by atoms with Gasteiger partial charge in [-0.15, -0.1) is 0 Å². The lowest BCUT2D eigenvalue weighted by Gasteiger charge is -2.18. The van der Waals surface area contributed by atoms with Gasteiger partial charge in [0.1, 0.15) is 11.4 Å². The van der Waals surface area contributed by atoms with E-state index in [1.807, 2.05) is 10.2 Å². The molecule has 216 valence electrons. The van der Waals surface area contributed by atoms with Crippen LogP contribution in [-0.2, 0) is 12.4 Å². The third kappa shape index (κ3) is 5.00. The number of nitrogens with zero attached hydrogens (tertiary/aromatic N) is 3. The molecular formula is C27H17F6N5O4. The lowest BCUT2D eigenvalue weighted by atomic mass is 9.84. The number of nitrogens with one attached hydrogen (secondary N) is 2. The van der Waals surface area contributed by atoms with Crippen LogP contribution in [-0.4, -0.2) is 24.5 Å². The summed E-state index contributed by atoms with van der Waals surface area (Å²) in [4.78, 5) is 38.0. The largest absolute Gasteiger partial charge is 0.433 e. The molecule has 15 heteroatoms. The highest BCUT2D eigenvalue weighted by Gasteiger charge is 2.46. The minimum atomic E-state index is -5.32. The predicted molar refractivity (Wildman–Crippen MR) is 137 cm³/mol. The van der Waals surface area contributed by atoms with Crippen molar-refractivity contribution in [3.05, 3.63) is 144 Å². The topological polar surface area (TPSA) is 119 Å². The van der Waals surface area contributed by atoms with Gasteiger partial charge in [-0.2, -0.15) is 26.3 Å². The van der Waals surface area contributed by atoms with E-state index in [-0.39, 0.29) is 11.4 Å². The zero-order chi connectivity index (χ0) is 30.4. The van der Waals surface area contributed by atoms with Gasteiger partial charge < -0.3 is 0 Å². The third-order valence-electron chi connectivity index (χ3n) is 6.44. The Hall–Kier alpha value is -5.34. The Labute approximate surface area is 230 Å². The highest BCUT2D eigenvalue weighted by Crippen LogP contribution is 2.42. The second-order valence-electron chi connectivity index (χ2n) is 9.03. The maximum absolute atomic E-state index is 14.5. The number of hydrogen-bond donors (Lipinski definition) is 2. The molecule has 2 aromatic heterocycles. The maximum atomic E-state index is 14.5. The van der Waals surface area contributed by atoms with E-state index in [2.05, 4.69) is 0 Å². The fraction of sp³-hybridized carbons (Fsp3) is 0.111. The van der Waals surface area contributed by atoms with E-state index >= 15 is 0 Å². The molecule has 0 aliphatic carbocycles. The Kier molecular flexibility index (Phi) is 6.88. The Morgan fingerprint density at radius 3 is 1.48 bits per heavy atom. The van der Waals surface area contributed by atoms with Crippen molar-refractivity contribution in [2.24, 2.45) is 0 Å². The van der Waals surface area contributed by atoms with E-state index in [1.54, 1.807) is 0 Å². The third-order valence-corrected chi connectivity index (χ3v) is 6.44. The van der Waals surface area contributed by atoms with Gasteiger partial charge in [0.15, 0.2) is 0 Å². The monoisotopic (exact) mass is 589 g/mol. The molecule has 0 spiro atoms. The van der Waals surface area contributed by atoms with Gasteiger partial charge in [0.05, 0.1) is 27.4 Å². The van der Waals surface area contributed by atoms with E-state index in [1.165, 1.54) is 60.7 Å². The van der Waals surface area contributed by atoms with Gasteiger partial charge in [-0.3, -0.25) is 29.9 Å². The number of rotatable bonds is 6. The SMILES string of the molecule is O=c1c(C(c2cccc([N+](=O)[O-])c2)c2c(C(F)(F)F)[nH]n(-c3ccccc3)c2=O)c(C(F)(F)F)[nH]n1-c1ccccc1. The maximum Gasteiger partial charge on any atom is 0.433 e. The van der Waals surface area contributed by atoms with Crippen LogP contribution in [0, 0.1) is 10.1 Å². The van der Waals surface area contributed by atoms with Gasteiger partial charge in [-0.1, -0.05) is 48.5 Å². The normalized spacial score (nSPS) is 12.2. The number of hydrogen-bond acceptors (Lipinski definition) is 4. The molecule has 9 nitrogen and oxygen atoms in total. The Morgan fingerprint density at radius 1 is 0.667 bits per heavy atom. The first-order valence-corrected chi connectivity index (χ1v) is 12.0. The quantitative estimate of drug-likeness (QED) is 0.149. The average Bonchev–Trinajstić information content (AvgIpc) is 3.48. The smallest absolute Gasteiger partial charge is 0.286 e. The van der Waals surface area contributed by atoms with Crippen molar-refractivity contribution in [1.29, 1.82) is 0 Å². The molecule has 0 atom stereocenters. The van der Waals surface area contributed by atoms with Crippen molar-refractivity contribution in [2.45, 2.75) is 18.3 Å². The summed E-state index contributed by atoms with van der Waals surface area (Å²) in [7, 11) is 0. The average molecular weight is 589 g/mol. The number of nitro groups is 1. The zero-order valence-electron chi connectivity index (χ0n) is 20.9. The lowest BCUT2D eigenvalue weighted by molar-refractivity contribution is -0.384. The minimum absolute atomic E-state index is 0.0798. The Bertz CT molecular complexity index is 1780. The molecule has 2 N–H and O–H groups in total. The van der Waals surface area contributed by atoms with Crippen molar-refractivity contribution in [2.75, 3.05) is 0 Å². The predicted octanol–water partition coefficient (Wildman–Crippen LogP) is 5.77. The minimum Gasteiger partial charge on any atom is -0.286 e. The first kappa shape index (κ1) is 28.2. The van der Waals surface area contributed by atoms with Crippen LogP contribution in [0.15, 0.2) is 94.5 Å². The van der Waals surface area contributed by atoms with Crippen molar-refractivity contribution in [1.82, 2.24) is 19.6 Å². The van der Waals surface area contributed by atoms with Gasteiger partial charge in [0, 0.05) is 18.1 Å². The standard InChI is InChI=1S/C27H17F6N5O4/c28-26(29,30)22-20(24(39)36(34-22)16-9-3-1-4-10-16)19(15-8-7-13-18(14-15)38(41)42)21-23(27(31,32)33)35-37(25(21)40)17-11-5-2-6-12-17/h1-14,19,34-35H. The summed E-state index contributed by atoms with van der Waals surface area (Å²) in [6, 6.07) is 17.6. The number of non-ortho nitro benzene ring substituents is 1. The first-order valence-electron chi connectivity index (χ1n) is 12.0. The summed E-state index contributed by atoms with van der Waals surface area (Å²) in [6.07, 6.45) is -10.6. The number of nitro benzene ring substituents is 1. The molecule has 0 aliphatic rings. The van der Waals surface area contributed by atoms with Crippen LogP contribution in [0.3, 0.4) is 0 Å². The summed E-state index contributed by atoms with van der Waals surface area (Å²) in [6.45, 7) is 0. The number of aromatic nitrogens is 4. The molecular weight excluding hydrogens is 572 g/mol. The number of H-pyrrole nitrogens is 2. The highest BCUT2D eigenvalue weighted by atomic mass is 19.4. The first-order chi connectivity index (χ1) is 19.8. The molecule has 0 fully saturated rings. The van der Waals surface area contributed by atoms with E-state index in [0.717, 1.165) is 24.3 Å². The molecule has 0 saturated heterocycles. The molecule has 0 bridgehead atoms. The zero-order valence-corrected chi connectivity index (χ0v) is 20.9. The molecule has 42 heavy (non-hydrogen) atoms. The van der Waals surface area contributed by atoms with E-state index < -0.39 is 68.1 Å². The molecule has 0 amide bonds. The summed E-state index contributed by atoms with van der Waals surface area (Å²) in [5.41, 5.74) is -10.2. The van der Waals surface area contributed by atoms with Gasteiger partial charge in [0.2, 0.25) is 0 Å². The van der Waals surface area contributed by atoms with Crippen LogP contribution in [0.4, 0.5) is 32.0 Å². The van der Waals surface area contributed by atoms with Gasteiger partial charge in [-0.25, -0.2) is 9.36 Å². The number of alkyl halides is 6. The molecule has 2 heterocycles. The molecule has 5 rings (SSSR count). The van der Waals surface area contributed by atoms with Crippen LogP contribution in [0.25, 0.3) is 11.4 Å². The summed E-state index contributed by atoms with van der Waals surface area (Å²) < 4.78 is 87.7. The molecule has 0 aliphatic heterocycles. The van der Waals surface area contributed by atoms with E-state index in [0.29, 0.717) is 9.36 Å². The molecule has 0 saturated carbocycles. The van der Waals surface area contributed by atoms with Crippen molar-refractivity contribution in [3.8, 4) is 11.4 Å². The van der Waals surface area contributed by atoms with Crippen molar-refractivity contribution >= 4 is 5.69 Å². The van der Waals surface area contributed by atoms with Crippen LogP contribution in [0.2, 0.25) is 0 Å². The summed E-state index contributed by atoms with van der Waals surface area (Å²) in [5.74, 6) is -2.35. The number of aromatic amines is 2. The molecule has 0 radical (unpaired) electrons. The summed E-state index contributed by atoms with van der Waals surface area (Å²) in [5, 5.41) is 15.4. The van der Waals surface area contributed by atoms with Crippen LogP contribution < -0.4 is 11.1 Å². The van der Waals surface area contributed by atoms with Crippen LogP contribution in [0.1, 0.15) is 34.0 Å². The fourth-order valence-electron chi connectivity index (χ4n) is 4.68. The Balaban J connectivity index is 1.94. The molecule has 5 aromatic rings. The molecule has 0 unspecified atom stereocenters. The number of benzene rings is 3. The van der Waals surface area contributed by atoms with Crippen LogP contribution in [0.5, 0.6) is 0 Å². The van der Waals surface area contributed by atoms with Gasteiger partial charge >= 0.3 is 12.4 Å². The van der Waals surface area contributed by atoms with E-state index in [4.69, 9.17) is 0 Å². The van der Waals surface area contributed by atoms with E-state index in [9.17, 15) is 46.0 Å². The lowest BCUT2D eigenvalue weighted by Crippen LogP contribution is -2.27. The fourth-order valence-corrected chi connectivity index (χ4v) is 4.68. The second kappa shape index (κ2) is 10.2. The Morgan fingerprint density at radius 2 is 1.10 bits per heavy atom. The van der Waals surface area contributed by atoms with Gasteiger partial charge in [0.25, 0.3) is 16.8 Å². The van der Waals surface area contributed by atoms with Gasteiger partial charge in [-0.05, 0) is 29.8 Å². The molecule has 3 aromatic carbocycles. The van der Waals surface area contributed by atoms with Crippen molar-refractivity contribution in [3.63, 3.8) is 0 Å². The summed E-state index contributed by atoms with van der Waals surface area (Å²) >= 11 is 0. The van der Waals surface area contributed by atoms with Crippen molar-refractivity contribution < 1.29 is 31.3 Å². The second-order valence-corrected chi connectivity index (χ2v) is 9.03. The highest BCUT2D eigenvalue weighted by molar-refractivity contribution is 5.51.